The number of rotatable bonds is 3. The highest BCUT2D eigenvalue weighted by molar-refractivity contribution is 6.33. The van der Waals surface area contributed by atoms with Crippen molar-refractivity contribution < 1.29 is 14.3 Å². The van der Waals surface area contributed by atoms with Crippen LogP contribution < -0.4 is 11.1 Å². The molecule has 1 heterocycles. The van der Waals surface area contributed by atoms with E-state index in [0.717, 1.165) is 18.5 Å². The minimum absolute atomic E-state index is 0.229. The molecule has 0 bridgehead atoms. The Morgan fingerprint density at radius 2 is 2.05 bits per heavy atom. The summed E-state index contributed by atoms with van der Waals surface area (Å²) in [6.45, 7) is 1.26. The molecular formula is C14H18ClN3O3. The van der Waals surface area contributed by atoms with Gasteiger partial charge in [-0.05, 0) is 31.0 Å². The molecule has 21 heavy (non-hydrogen) atoms. The zero-order valence-electron chi connectivity index (χ0n) is 11.8. The van der Waals surface area contributed by atoms with Gasteiger partial charge in [-0.1, -0.05) is 11.6 Å². The van der Waals surface area contributed by atoms with Crippen LogP contribution in [0.4, 0.5) is 10.5 Å². The van der Waals surface area contributed by atoms with Gasteiger partial charge in [-0.2, -0.15) is 0 Å². The summed E-state index contributed by atoms with van der Waals surface area (Å²) in [5.41, 5.74) is 6.39. The van der Waals surface area contributed by atoms with Gasteiger partial charge in [0.2, 0.25) is 0 Å². The number of likely N-dealkylation sites (tertiary alicyclic amines) is 1. The largest absolute Gasteiger partial charge is 0.465 e. The first-order chi connectivity index (χ1) is 10.0. The van der Waals surface area contributed by atoms with Crippen LogP contribution in [0.5, 0.6) is 0 Å². The maximum absolute atomic E-state index is 11.6. The van der Waals surface area contributed by atoms with Crippen molar-refractivity contribution in [3.8, 4) is 0 Å². The van der Waals surface area contributed by atoms with Crippen LogP contribution in [0.3, 0.4) is 0 Å². The van der Waals surface area contributed by atoms with Gasteiger partial charge in [-0.25, -0.2) is 9.59 Å². The Morgan fingerprint density at radius 1 is 1.38 bits per heavy atom. The van der Waals surface area contributed by atoms with Gasteiger partial charge in [-0.3, -0.25) is 0 Å². The molecule has 1 aliphatic rings. The standard InChI is InChI=1S/C14H18ClN3O3/c1-21-13(19)11-8-10(2-3-12(11)15)17-9-4-6-18(7-5-9)14(16)20/h2-3,8-9,17H,4-7H2,1H3,(H2,16,20). The summed E-state index contributed by atoms with van der Waals surface area (Å²) in [4.78, 5) is 24.3. The molecule has 1 fully saturated rings. The van der Waals surface area contributed by atoms with Crippen molar-refractivity contribution in [2.75, 3.05) is 25.5 Å². The van der Waals surface area contributed by atoms with Crippen molar-refractivity contribution >= 4 is 29.3 Å². The second-order valence-corrected chi connectivity index (χ2v) is 5.34. The van der Waals surface area contributed by atoms with E-state index in [2.05, 4.69) is 5.32 Å². The van der Waals surface area contributed by atoms with Crippen molar-refractivity contribution in [1.82, 2.24) is 4.90 Å². The Balaban J connectivity index is 2.01. The lowest BCUT2D eigenvalue weighted by Crippen LogP contribution is -2.44. The number of anilines is 1. The van der Waals surface area contributed by atoms with Crippen LogP contribution in [0.15, 0.2) is 18.2 Å². The number of piperidine rings is 1. The number of halogens is 1. The van der Waals surface area contributed by atoms with E-state index in [-0.39, 0.29) is 12.1 Å². The number of hydrogen-bond donors (Lipinski definition) is 2. The van der Waals surface area contributed by atoms with Gasteiger partial charge in [0.15, 0.2) is 0 Å². The average Bonchev–Trinajstić information content (AvgIpc) is 2.49. The third-order valence-corrected chi connectivity index (χ3v) is 3.88. The molecular weight excluding hydrogens is 294 g/mol. The molecule has 1 aliphatic heterocycles. The lowest BCUT2D eigenvalue weighted by Gasteiger charge is -2.31. The first-order valence-corrected chi connectivity index (χ1v) is 7.08. The number of nitrogens with two attached hydrogens (primary N) is 1. The van der Waals surface area contributed by atoms with Gasteiger partial charge in [0.05, 0.1) is 17.7 Å². The molecule has 1 aromatic carbocycles. The normalized spacial score (nSPS) is 15.6. The Bertz CT molecular complexity index is 542. The summed E-state index contributed by atoms with van der Waals surface area (Å²) in [6.07, 6.45) is 1.61. The monoisotopic (exact) mass is 311 g/mol. The number of primary amides is 1. The predicted octanol–water partition coefficient (Wildman–Crippen LogP) is 2.08. The van der Waals surface area contributed by atoms with Gasteiger partial charge >= 0.3 is 12.0 Å². The number of benzene rings is 1. The first kappa shape index (κ1) is 15.4. The lowest BCUT2D eigenvalue weighted by atomic mass is 10.0. The van der Waals surface area contributed by atoms with Crippen molar-refractivity contribution in [1.29, 1.82) is 0 Å². The molecule has 3 N–H and O–H groups in total. The Hall–Kier alpha value is -1.95. The van der Waals surface area contributed by atoms with E-state index < -0.39 is 5.97 Å². The quantitative estimate of drug-likeness (QED) is 0.837. The van der Waals surface area contributed by atoms with E-state index in [1.807, 2.05) is 6.07 Å². The number of methoxy groups -OCH3 is 1. The number of hydrogen-bond acceptors (Lipinski definition) is 4. The van der Waals surface area contributed by atoms with Gasteiger partial charge < -0.3 is 20.7 Å². The minimum Gasteiger partial charge on any atom is -0.465 e. The number of amides is 2. The Labute approximate surface area is 128 Å². The van der Waals surface area contributed by atoms with Crippen LogP contribution in [0.2, 0.25) is 5.02 Å². The fraction of sp³-hybridized carbons (Fsp3) is 0.429. The summed E-state index contributed by atoms with van der Waals surface area (Å²) in [5.74, 6) is -0.466. The summed E-state index contributed by atoms with van der Waals surface area (Å²) in [6, 6.07) is 5.00. The van der Waals surface area contributed by atoms with Crippen LogP contribution >= 0.6 is 11.6 Å². The van der Waals surface area contributed by atoms with Crippen molar-refractivity contribution in [3.63, 3.8) is 0 Å². The first-order valence-electron chi connectivity index (χ1n) is 6.70. The average molecular weight is 312 g/mol. The number of urea groups is 1. The number of nitrogens with zero attached hydrogens (tertiary/aromatic N) is 1. The molecule has 0 aliphatic carbocycles. The molecule has 2 rings (SSSR count). The van der Waals surface area contributed by atoms with Gasteiger partial charge in [-0.15, -0.1) is 0 Å². The fourth-order valence-corrected chi connectivity index (χ4v) is 2.56. The summed E-state index contributed by atoms with van der Waals surface area (Å²) in [7, 11) is 1.32. The molecule has 0 aromatic heterocycles. The van der Waals surface area contributed by atoms with E-state index in [1.165, 1.54) is 7.11 Å². The second kappa shape index (κ2) is 6.67. The molecule has 0 unspecified atom stereocenters. The fourth-order valence-electron chi connectivity index (χ4n) is 2.36. The lowest BCUT2D eigenvalue weighted by molar-refractivity contribution is 0.0601. The molecule has 0 radical (unpaired) electrons. The van der Waals surface area contributed by atoms with Crippen LogP contribution in [-0.2, 0) is 4.74 Å². The third kappa shape index (κ3) is 3.78. The molecule has 114 valence electrons. The topological polar surface area (TPSA) is 84.7 Å². The van der Waals surface area contributed by atoms with Crippen LogP contribution in [0.25, 0.3) is 0 Å². The van der Waals surface area contributed by atoms with Crippen LogP contribution in [-0.4, -0.2) is 43.1 Å². The third-order valence-electron chi connectivity index (χ3n) is 3.55. The van der Waals surface area contributed by atoms with E-state index in [4.69, 9.17) is 22.1 Å². The highest BCUT2D eigenvalue weighted by Gasteiger charge is 2.21. The van der Waals surface area contributed by atoms with Gasteiger partial charge in [0, 0.05) is 24.8 Å². The smallest absolute Gasteiger partial charge is 0.339 e. The second-order valence-electron chi connectivity index (χ2n) is 4.93. The molecule has 1 saturated heterocycles. The molecule has 1 aromatic rings. The van der Waals surface area contributed by atoms with E-state index in [9.17, 15) is 9.59 Å². The molecule has 7 heteroatoms. The maximum Gasteiger partial charge on any atom is 0.339 e. The van der Waals surface area contributed by atoms with Crippen molar-refractivity contribution in [2.45, 2.75) is 18.9 Å². The number of carbonyl (C=O) groups is 2. The SMILES string of the molecule is COC(=O)c1cc(NC2CCN(C(N)=O)CC2)ccc1Cl. The molecule has 0 atom stereocenters. The number of carbonyl (C=O) groups excluding carboxylic acids is 2. The van der Waals surface area contributed by atoms with Crippen LogP contribution in [0, 0.1) is 0 Å². The van der Waals surface area contributed by atoms with Gasteiger partial charge in [0.1, 0.15) is 0 Å². The summed E-state index contributed by atoms with van der Waals surface area (Å²) < 4.78 is 4.69. The van der Waals surface area contributed by atoms with Crippen molar-refractivity contribution in [3.05, 3.63) is 28.8 Å². The molecule has 6 nitrogen and oxygen atoms in total. The summed E-state index contributed by atoms with van der Waals surface area (Å²) >= 11 is 5.98. The van der Waals surface area contributed by atoms with E-state index in [0.29, 0.717) is 23.7 Å². The zero-order valence-corrected chi connectivity index (χ0v) is 12.5. The Kier molecular flexibility index (Phi) is 4.90. The maximum atomic E-state index is 11.6. The van der Waals surface area contributed by atoms with Gasteiger partial charge in [0.25, 0.3) is 0 Å². The van der Waals surface area contributed by atoms with Crippen molar-refractivity contribution in [2.24, 2.45) is 5.73 Å². The predicted molar refractivity (Wildman–Crippen MR) is 80.6 cm³/mol. The van der Waals surface area contributed by atoms with Crippen LogP contribution in [0.1, 0.15) is 23.2 Å². The summed E-state index contributed by atoms with van der Waals surface area (Å²) in [5, 5.41) is 3.70. The van der Waals surface area contributed by atoms with E-state index >= 15 is 0 Å². The zero-order chi connectivity index (χ0) is 15.4. The van der Waals surface area contributed by atoms with E-state index in [1.54, 1.807) is 17.0 Å². The highest BCUT2D eigenvalue weighted by atomic mass is 35.5. The molecule has 0 spiro atoms. The molecule has 0 saturated carbocycles. The Morgan fingerprint density at radius 3 is 2.62 bits per heavy atom. The highest BCUT2D eigenvalue weighted by Crippen LogP contribution is 2.23. The number of nitrogens with one attached hydrogen (secondary N) is 1. The number of esters is 1. The number of ether oxygens (including phenoxy) is 1. The minimum atomic E-state index is -0.466. The molecule has 2 amide bonds.